The third-order valence-corrected chi connectivity index (χ3v) is 4.18. The van der Waals surface area contributed by atoms with E-state index in [9.17, 15) is 18.0 Å². The van der Waals surface area contributed by atoms with Crippen molar-refractivity contribution in [1.82, 2.24) is 10.3 Å². The zero-order chi connectivity index (χ0) is 19.4. The fourth-order valence-electron chi connectivity index (χ4n) is 2.79. The monoisotopic (exact) mass is 372 g/mol. The minimum absolute atomic E-state index is 0.217. The molecule has 0 aliphatic carbocycles. The van der Waals surface area contributed by atoms with Crippen molar-refractivity contribution in [2.75, 3.05) is 6.54 Å². The molecule has 0 unspecified atom stereocenters. The van der Waals surface area contributed by atoms with Crippen LogP contribution in [0, 0.1) is 0 Å². The van der Waals surface area contributed by atoms with Crippen molar-refractivity contribution in [2.45, 2.75) is 19.5 Å². The highest BCUT2D eigenvalue weighted by Gasteiger charge is 2.30. The number of benzene rings is 2. The van der Waals surface area contributed by atoms with Gasteiger partial charge in [-0.2, -0.15) is 13.2 Å². The summed E-state index contributed by atoms with van der Waals surface area (Å²) in [6.45, 7) is 2.51. The molecule has 2 aromatic carbocycles. The molecule has 1 amide bonds. The first-order valence-electron chi connectivity index (χ1n) is 8.64. The van der Waals surface area contributed by atoms with Crippen molar-refractivity contribution >= 4 is 5.91 Å². The molecule has 0 atom stereocenters. The van der Waals surface area contributed by atoms with Crippen LogP contribution >= 0.6 is 0 Å². The number of amides is 1. The van der Waals surface area contributed by atoms with E-state index >= 15 is 0 Å². The number of halogens is 3. The predicted octanol–water partition coefficient (Wildman–Crippen LogP) is 5.51. The average molecular weight is 372 g/mol. The molecule has 3 rings (SSSR count). The summed E-state index contributed by atoms with van der Waals surface area (Å²) in [6, 6.07) is 15.9. The molecule has 1 aromatic heterocycles. The first-order chi connectivity index (χ1) is 12.9. The summed E-state index contributed by atoms with van der Waals surface area (Å²) < 4.78 is 38.3. The molecule has 27 heavy (non-hydrogen) atoms. The molecular weight excluding hydrogens is 353 g/mol. The van der Waals surface area contributed by atoms with E-state index in [0.717, 1.165) is 24.1 Å². The lowest BCUT2D eigenvalue weighted by molar-refractivity contribution is -0.137. The van der Waals surface area contributed by atoms with Gasteiger partial charge in [-0.15, -0.1) is 0 Å². The summed E-state index contributed by atoms with van der Waals surface area (Å²) in [4.78, 5) is 15.7. The quantitative estimate of drug-likeness (QED) is 0.610. The van der Waals surface area contributed by atoms with Gasteiger partial charge in [0.2, 0.25) is 0 Å². The van der Waals surface area contributed by atoms with Gasteiger partial charge in [0.05, 0.1) is 16.8 Å². The third kappa shape index (κ3) is 4.22. The topological polar surface area (TPSA) is 44.9 Å². The van der Waals surface area contributed by atoms with Gasteiger partial charge < -0.3 is 10.3 Å². The lowest BCUT2D eigenvalue weighted by Gasteiger charge is -2.07. The van der Waals surface area contributed by atoms with Crippen molar-refractivity contribution < 1.29 is 18.0 Å². The van der Waals surface area contributed by atoms with Crippen molar-refractivity contribution in [2.24, 2.45) is 0 Å². The molecule has 0 radical (unpaired) electrons. The molecule has 0 saturated heterocycles. The van der Waals surface area contributed by atoms with Crippen molar-refractivity contribution in [3.05, 3.63) is 71.8 Å². The second-order valence-corrected chi connectivity index (χ2v) is 6.17. The Kier molecular flexibility index (Phi) is 5.35. The predicted molar refractivity (Wildman–Crippen MR) is 99.3 cm³/mol. The highest BCUT2D eigenvalue weighted by atomic mass is 19.4. The van der Waals surface area contributed by atoms with Crippen LogP contribution in [0.3, 0.4) is 0 Å². The molecule has 1 heterocycles. The molecule has 3 nitrogen and oxygen atoms in total. The van der Waals surface area contributed by atoms with Gasteiger partial charge in [0.1, 0.15) is 0 Å². The minimum Gasteiger partial charge on any atom is -0.354 e. The molecule has 3 aromatic rings. The molecule has 0 aliphatic heterocycles. The fraction of sp³-hybridized carbons (Fsp3) is 0.190. The molecule has 0 spiro atoms. The number of rotatable bonds is 5. The van der Waals surface area contributed by atoms with Crippen molar-refractivity contribution in [3.8, 4) is 22.5 Å². The second-order valence-electron chi connectivity index (χ2n) is 6.17. The number of alkyl halides is 3. The van der Waals surface area contributed by atoms with E-state index in [2.05, 4.69) is 10.3 Å². The van der Waals surface area contributed by atoms with Gasteiger partial charge in [0.25, 0.3) is 5.91 Å². The number of nitrogens with one attached hydrogen (secondary N) is 2. The largest absolute Gasteiger partial charge is 0.416 e. The third-order valence-electron chi connectivity index (χ3n) is 4.18. The minimum atomic E-state index is -4.38. The van der Waals surface area contributed by atoms with Gasteiger partial charge >= 0.3 is 6.18 Å². The Morgan fingerprint density at radius 1 is 1.00 bits per heavy atom. The first-order valence-corrected chi connectivity index (χ1v) is 8.64. The van der Waals surface area contributed by atoms with E-state index < -0.39 is 11.7 Å². The summed E-state index contributed by atoms with van der Waals surface area (Å²) in [5.41, 5.74) is 2.39. The van der Waals surface area contributed by atoms with E-state index in [0.29, 0.717) is 29.1 Å². The summed E-state index contributed by atoms with van der Waals surface area (Å²) in [5, 5.41) is 2.84. The Morgan fingerprint density at radius 3 is 2.26 bits per heavy atom. The van der Waals surface area contributed by atoms with Crippen LogP contribution in [0.25, 0.3) is 22.5 Å². The SMILES string of the molecule is CCCNC(=O)c1cc(-c2ccc(C(F)(F)F)cc2)[nH]c1-c1ccccc1. The van der Waals surface area contributed by atoms with Crippen LogP contribution in [0.15, 0.2) is 60.7 Å². The Balaban J connectivity index is 2.02. The maximum atomic E-state index is 12.8. The van der Waals surface area contributed by atoms with Crippen LogP contribution < -0.4 is 5.32 Å². The first kappa shape index (κ1) is 18.8. The Morgan fingerprint density at radius 2 is 1.67 bits per heavy atom. The zero-order valence-corrected chi connectivity index (χ0v) is 14.7. The van der Waals surface area contributed by atoms with Crippen LogP contribution in [0.1, 0.15) is 29.3 Å². The van der Waals surface area contributed by atoms with E-state index in [1.54, 1.807) is 6.07 Å². The lowest BCUT2D eigenvalue weighted by atomic mass is 10.1. The standard InChI is InChI=1S/C21H19F3N2O/c1-2-12-25-20(27)17-13-18(26-19(17)15-6-4-3-5-7-15)14-8-10-16(11-9-14)21(22,23)24/h3-11,13,26H,2,12H2,1H3,(H,25,27). The number of aromatic amines is 1. The maximum absolute atomic E-state index is 12.8. The Bertz CT molecular complexity index is 913. The molecule has 0 saturated carbocycles. The number of H-pyrrole nitrogens is 1. The van der Waals surface area contributed by atoms with Crippen molar-refractivity contribution in [1.29, 1.82) is 0 Å². The molecule has 6 heteroatoms. The highest BCUT2D eigenvalue weighted by molar-refractivity contribution is 6.01. The van der Waals surface area contributed by atoms with Gasteiger partial charge in [0, 0.05) is 12.2 Å². The second kappa shape index (κ2) is 7.70. The molecule has 2 N–H and O–H groups in total. The number of carbonyl (C=O) groups is 1. The average Bonchev–Trinajstić information content (AvgIpc) is 3.12. The summed E-state index contributed by atoms with van der Waals surface area (Å²) in [5.74, 6) is -0.217. The summed E-state index contributed by atoms with van der Waals surface area (Å²) in [6.07, 6.45) is -3.57. The maximum Gasteiger partial charge on any atom is 0.416 e. The van der Waals surface area contributed by atoms with Crippen LogP contribution in [0.2, 0.25) is 0 Å². The molecule has 0 aliphatic rings. The summed E-state index contributed by atoms with van der Waals surface area (Å²) >= 11 is 0. The van der Waals surface area contributed by atoms with E-state index in [1.807, 2.05) is 37.3 Å². The van der Waals surface area contributed by atoms with Crippen LogP contribution in [0.4, 0.5) is 13.2 Å². The zero-order valence-electron chi connectivity index (χ0n) is 14.7. The number of hydrogen-bond donors (Lipinski definition) is 2. The van der Waals surface area contributed by atoms with E-state index in [4.69, 9.17) is 0 Å². The van der Waals surface area contributed by atoms with Gasteiger partial charge in [-0.3, -0.25) is 4.79 Å². The molecular formula is C21H19F3N2O. The van der Waals surface area contributed by atoms with Gasteiger partial charge in [-0.25, -0.2) is 0 Å². The summed E-state index contributed by atoms with van der Waals surface area (Å²) in [7, 11) is 0. The van der Waals surface area contributed by atoms with E-state index in [1.165, 1.54) is 12.1 Å². The Hall–Kier alpha value is -3.02. The van der Waals surface area contributed by atoms with Crippen molar-refractivity contribution in [3.63, 3.8) is 0 Å². The van der Waals surface area contributed by atoms with Crippen LogP contribution in [0.5, 0.6) is 0 Å². The normalized spacial score (nSPS) is 11.4. The molecule has 0 bridgehead atoms. The van der Waals surface area contributed by atoms with Gasteiger partial charge in [-0.1, -0.05) is 49.4 Å². The van der Waals surface area contributed by atoms with E-state index in [-0.39, 0.29) is 5.91 Å². The number of hydrogen-bond acceptors (Lipinski definition) is 1. The molecule has 140 valence electrons. The number of aromatic nitrogens is 1. The van der Waals surface area contributed by atoms with Gasteiger partial charge in [-0.05, 0) is 35.7 Å². The van der Waals surface area contributed by atoms with Gasteiger partial charge in [0.15, 0.2) is 0 Å². The Labute approximate surface area is 155 Å². The number of carbonyl (C=O) groups excluding carboxylic acids is 1. The smallest absolute Gasteiger partial charge is 0.354 e. The molecule has 0 fully saturated rings. The fourth-order valence-corrected chi connectivity index (χ4v) is 2.79. The van der Waals surface area contributed by atoms with Crippen LogP contribution in [-0.4, -0.2) is 17.4 Å². The van der Waals surface area contributed by atoms with Crippen LogP contribution in [-0.2, 0) is 6.18 Å². The highest BCUT2D eigenvalue weighted by Crippen LogP contribution is 2.33. The lowest BCUT2D eigenvalue weighted by Crippen LogP contribution is -2.24.